The van der Waals surface area contributed by atoms with Crippen LogP contribution in [-0.2, 0) is 7.05 Å². The van der Waals surface area contributed by atoms with Gasteiger partial charge in [-0.3, -0.25) is 9.59 Å². The summed E-state index contributed by atoms with van der Waals surface area (Å²) in [4.78, 5) is 29.2. The molecular weight excluding hydrogens is 362 g/mol. The van der Waals surface area contributed by atoms with Crippen molar-refractivity contribution in [1.29, 1.82) is 0 Å². The van der Waals surface area contributed by atoms with Gasteiger partial charge in [0, 0.05) is 54.7 Å². The summed E-state index contributed by atoms with van der Waals surface area (Å²) < 4.78 is 1.93. The average molecular weight is 382 g/mol. The highest BCUT2D eigenvalue weighted by Crippen LogP contribution is 2.20. The maximum Gasteiger partial charge on any atom is 0.270 e. The van der Waals surface area contributed by atoms with Crippen LogP contribution in [0.5, 0.6) is 0 Å². The predicted molar refractivity (Wildman–Crippen MR) is 106 cm³/mol. The van der Waals surface area contributed by atoms with Gasteiger partial charge < -0.3 is 14.4 Å². The SMILES string of the molecule is Cn1c(C(=O)N2CCN(C(=O)c3ccc(Cl)cc3)CC2)cc2ccccc21. The fraction of sp³-hybridized carbons (Fsp3) is 0.238. The second-order valence-corrected chi connectivity index (χ2v) is 7.18. The van der Waals surface area contributed by atoms with Crippen molar-refractivity contribution in [3.8, 4) is 0 Å². The van der Waals surface area contributed by atoms with E-state index in [1.165, 1.54) is 0 Å². The number of hydrogen-bond donors (Lipinski definition) is 0. The van der Waals surface area contributed by atoms with E-state index in [0.29, 0.717) is 42.5 Å². The second-order valence-electron chi connectivity index (χ2n) is 6.74. The minimum absolute atomic E-state index is 0.00675. The number of carbonyl (C=O) groups is 2. The Hall–Kier alpha value is -2.79. The molecule has 2 heterocycles. The molecule has 2 amide bonds. The molecule has 27 heavy (non-hydrogen) atoms. The van der Waals surface area contributed by atoms with Gasteiger partial charge in [-0.15, -0.1) is 0 Å². The number of hydrogen-bond acceptors (Lipinski definition) is 2. The zero-order valence-corrected chi connectivity index (χ0v) is 15.8. The molecule has 0 spiro atoms. The third-order valence-electron chi connectivity index (χ3n) is 5.12. The zero-order chi connectivity index (χ0) is 19.0. The Bertz CT molecular complexity index is 1000. The summed E-state index contributed by atoms with van der Waals surface area (Å²) in [6.07, 6.45) is 0. The Kier molecular flexibility index (Phi) is 4.62. The summed E-state index contributed by atoms with van der Waals surface area (Å²) in [6, 6.07) is 16.8. The van der Waals surface area contributed by atoms with Crippen LogP contribution in [0.4, 0.5) is 0 Å². The molecule has 6 heteroatoms. The van der Waals surface area contributed by atoms with Crippen molar-refractivity contribution < 1.29 is 9.59 Å². The van der Waals surface area contributed by atoms with Crippen molar-refractivity contribution in [2.45, 2.75) is 0 Å². The second kappa shape index (κ2) is 7.08. The number of benzene rings is 2. The largest absolute Gasteiger partial charge is 0.340 e. The van der Waals surface area contributed by atoms with E-state index in [9.17, 15) is 9.59 Å². The van der Waals surface area contributed by atoms with E-state index in [-0.39, 0.29) is 11.8 Å². The van der Waals surface area contributed by atoms with Gasteiger partial charge >= 0.3 is 0 Å². The van der Waals surface area contributed by atoms with Gasteiger partial charge in [0.25, 0.3) is 11.8 Å². The summed E-state index contributed by atoms with van der Waals surface area (Å²) >= 11 is 5.89. The van der Waals surface area contributed by atoms with Gasteiger partial charge in [0.1, 0.15) is 5.69 Å². The quantitative estimate of drug-likeness (QED) is 0.682. The van der Waals surface area contributed by atoms with Crippen LogP contribution in [0, 0.1) is 0 Å². The lowest BCUT2D eigenvalue weighted by molar-refractivity contribution is 0.0530. The van der Waals surface area contributed by atoms with Crippen LogP contribution < -0.4 is 0 Å². The first-order valence-corrected chi connectivity index (χ1v) is 9.31. The highest BCUT2D eigenvalue weighted by Gasteiger charge is 2.27. The molecule has 1 aliphatic rings. The van der Waals surface area contributed by atoms with Crippen molar-refractivity contribution in [3.05, 3.63) is 70.9 Å². The average Bonchev–Trinajstić information content (AvgIpc) is 3.04. The van der Waals surface area contributed by atoms with Crippen LogP contribution in [0.2, 0.25) is 5.02 Å². The van der Waals surface area contributed by atoms with Crippen molar-refractivity contribution in [1.82, 2.24) is 14.4 Å². The summed E-state index contributed by atoms with van der Waals surface area (Å²) in [6.45, 7) is 2.10. The van der Waals surface area contributed by atoms with Gasteiger partial charge in [-0.05, 0) is 36.4 Å². The number of aryl methyl sites for hydroxylation is 1. The normalized spacial score (nSPS) is 14.6. The minimum Gasteiger partial charge on any atom is -0.340 e. The van der Waals surface area contributed by atoms with Crippen LogP contribution >= 0.6 is 11.6 Å². The number of carbonyl (C=O) groups excluding carboxylic acids is 2. The number of para-hydroxylation sites is 1. The van der Waals surface area contributed by atoms with Gasteiger partial charge in [0.05, 0.1) is 0 Å². The lowest BCUT2D eigenvalue weighted by Gasteiger charge is -2.34. The Labute approximate surface area is 162 Å². The maximum absolute atomic E-state index is 13.0. The smallest absolute Gasteiger partial charge is 0.270 e. The Balaban J connectivity index is 1.45. The first-order chi connectivity index (χ1) is 13.0. The first kappa shape index (κ1) is 17.6. The van der Waals surface area contributed by atoms with Crippen LogP contribution in [0.25, 0.3) is 10.9 Å². The molecule has 0 aliphatic carbocycles. The maximum atomic E-state index is 13.0. The van der Waals surface area contributed by atoms with Crippen LogP contribution in [0.3, 0.4) is 0 Å². The molecule has 5 nitrogen and oxygen atoms in total. The van der Waals surface area contributed by atoms with Crippen molar-refractivity contribution in [2.24, 2.45) is 7.05 Å². The highest BCUT2D eigenvalue weighted by molar-refractivity contribution is 6.30. The third kappa shape index (κ3) is 3.30. The van der Waals surface area contributed by atoms with E-state index in [2.05, 4.69) is 0 Å². The molecule has 2 aromatic carbocycles. The van der Waals surface area contributed by atoms with E-state index < -0.39 is 0 Å². The third-order valence-corrected chi connectivity index (χ3v) is 5.37. The molecular formula is C21H20ClN3O2. The van der Waals surface area contributed by atoms with Crippen LogP contribution in [-0.4, -0.2) is 52.4 Å². The number of rotatable bonds is 2. The molecule has 1 aromatic heterocycles. The molecule has 138 valence electrons. The Morgan fingerprint density at radius 3 is 2.07 bits per heavy atom. The number of nitrogens with zero attached hydrogens (tertiary/aromatic N) is 3. The molecule has 4 rings (SSSR count). The van der Waals surface area contributed by atoms with E-state index >= 15 is 0 Å². The predicted octanol–water partition coefficient (Wildman–Crippen LogP) is 3.43. The van der Waals surface area contributed by atoms with Gasteiger partial charge in [0.2, 0.25) is 0 Å². The topological polar surface area (TPSA) is 45.6 Å². The molecule has 0 radical (unpaired) electrons. The lowest BCUT2D eigenvalue weighted by Crippen LogP contribution is -2.50. The molecule has 1 fully saturated rings. The van der Waals surface area contributed by atoms with E-state index in [1.807, 2.05) is 46.8 Å². The fourth-order valence-corrected chi connectivity index (χ4v) is 3.67. The number of halogens is 1. The Morgan fingerprint density at radius 1 is 0.852 bits per heavy atom. The van der Waals surface area contributed by atoms with Crippen molar-refractivity contribution in [2.75, 3.05) is 26.2 Å². The molecule has 1 aliphatic heterocycles. The van der Waals surface area contributed by atoms with E-state index in [4.69, 9.17) is 11.6 Å². The van der Waals surface area contributed by atoms with Crippen LogP contribution in [0.1, 0.15) is 20.8 Å². The Morgan fingerprint density at radius 2 is 1.44 bits per heavy atom. The molecule has 3 aromatic rings. The van der Waals surface area contributed by atoms with Crippen LogP contribution in [0.15, 0.2) is 54.6 Å². The molecule has 0 saturated carbocycles. The summed E-state index contributed by atoms with van der Waals surface area (Å²) in [5.41, 5.74) is 2.33. The molecule has 0 bridgehead atoms. The lowest BCUT2D eigenvalue weighted by atomic mass is 10.2. The van der Waals surface area contributed by atoms with Crippen molar-refractivity contribution >= 4 is 34.3 Å². The van der Waals surface area contributed by atoms with Crippen molar-refractivity contribution in [3.63, 3.8) is 0 Å². The van der Waals surface area contributed by atoms with E-state index in [0.717, 1.165) is 10.9 Å². The fourth-order valence-electron chi connectivity index (χ4n) is 3.54. The number of amides is 2. The first-order valence-electron chi connectivity index (χ1n) is 8.93. The summed E-state index contributed by atoms with van der Waals surface area (Å²) in [5, 5.41) is 1.66. The number of aromatic nitrogens is 1. The van der Waals surface area contributed by atoms with Gasteiger partial charge in [-0.25, -0.2) is 0 Å². The molecule has 0 N–H and O–H groups in total. The molecule has 1 saturated heterocycles. The zero-order valence-electron chi connectivity index (χ0n) is 15.1. The van der Waals surface area contributed by atoms with E-state index in [1.54, 1.807) is 29.2 Å². The highest BCUT2D eigenvalue weighted by atomic mass is 35.5. The van der Waals surface area contributed by atoms with Gasteiger partial charge in [-0.2, -0.15) is 0 Å². The summed E-state index contributed by atoms with van der Waals surface area (Å²) in [5.74, 6) is -0.0179. The number of piperazine rings is 1. The minimum atomic E-state index is -0.0247. The molecule has 0 atom stereocenters. The monoisotopic (exact) mass is 381 g/mol. The van der Waals surface area contributed by atoms with Gasteiger partial charge in [-0.1, -0.05) is 29.8 Å². The standard InChI is InChI=1S/C21H20ClN3O2/c1-23-18-5-3-2-4-16(18)14-19(23)21(27)25-12-10-24(11-13-25)20(26)15-6-8-17(22)9-7-15/h2-9,14H,10-13H2,1H3. The molecule has 0 unspecified atom stereocenters. The van der Waals surface area contributed by atoms with Gasteiger partial charge in [0.15, 0.2) is 0 Å². The number of fused-ring (bicyclic) bond motifs is 1. The summed E-state index contributed by atoms with van der Waals surface area (Å²) in [7, 11) is 1.91.